The van der Waals surface area contributed by atoms with E-state index in [2.05, 4.69) is 10.3 Å². The molecule has 0 radical (unpaired) electrons. The number of carboxylic acids is 1. The Kier molecular flexibility index (Phi) is 6.77. The number of hydrogen-bond donors (Lipinski definition) is 3. The molecule has 0 saturated heterocycles. The van der Waals surface area contributed by atoms with Crippen LogP contribution in [0.4, 0.5) is 10.6 Å². The van der Waals surface area contributed by atoms with E-state index < -0.39 is 27.8 Å². The minimum absolute atomic E-state index is 0.00910. The van der Waals surface area contributed by atoms with E-state index in [1.54, 1.807) is 12.1 Å². The molecule has 0 saturated carbocycles. The Balaban J connectivity index is 2.02. The van der Waals surface area contributed by atoms with Crippen molar-refractivity contribution in [3.05, 3.63) is 47.5 Å². The molecule has 0 spiro atoms. The van der Waals surface area contributed by atoms with E-state index in [1.165, 1.54) is 38.5 Å². The van der Waals surface area contributed by atoms with Crippen LogP contribution in [0.25, 0.3) is 0 Å². The van der Waals surface area contributed by atoms with E-state index in [-0.39, 0.29) is 23.7 Å². The van der Waals surface area contributed by atoms with Gasteiger partial charge in [-0.25, -0.2) is 22.7 Å². The molecule has 1 aromatic heterocycles. The maximum Gasteiger partial charge on any atom is 0.335 e. The van der Waals surface area contributed by atoms with Crippen LogP contribution in [-0.2, 0) is 16.4 Å². The number of aromatic carboxylic acids is 1. The summed E-state index contributed by atoms with van der Waals surface area (Å²) in [6.07, 6.45) is -0.0731. The summed E-state index contributed by atoms with van der Waals surface area (Å²) in [5.74, 6) is -1.07. The molecule has 1 heterocycles. The number of benzene rings is 1. The number of ether oxygens (including phenoxy) is 2. The predicted molar refractivity (Wildman–Crippen MR) is 100 cm³/mol. The molecule has 0 unspecified atom stereocenters. The first-order valence-electron chi connectivity index (χ1n) is 7.97. The van der Waals surface area contributed by atoms with Gasteiger partial charge in [-0.2, -0.15) is 4.98 Å². The summed E-state index contributed by atoms with van der Waals surface area (Å²) in [5, 5.41) is 11.4. The van der Waals surface area contributed by atoms with Crippen LogP contribution in [0.2, 0.25) is 0 Å². The van der Waals surface area contributed by atoms with Crippen molar-refractivity contribution in [2.45, 2.75) is 6.42 Å². The number of carbonyl (C=O) groups excluding carboxylic acids is 1. The number of nitrogens with one attached hydrogen (secondary N) is 2. The van der Waals surface area contributed by atoms with Crippen LogP contribution in [-0.4, -0.2) is 50.5 Å². The van der Waals surface area contributed by atoms with Gasteiger partial charge >= 0.3 is 12.0 Å². The van der Waals surface area contributed by atoms with Crippen molar-refractivity contribution in [1.82, 2.24) is 9.71 Å². The summed E-state index contributed by atoms with van der Waals surface area (Å²) in [7, 11) is -1.22. The Hall–Kier alpha value is -3.34. The lowest BCUT2D eigenvalue weighted by Gasteiger charge is -2.11. The molecule has 2 aromatic rings. The third-order valence-electron chi connectivity index (χ3n) is 3.60. The SMILES string of the molecule is COc1cc(NC(=O)NS(=O)(=O)CCc2ccccc2C(=O)O)nc(OC)c1. The van der Waals surface area contributed by atoms with Gasteiger partial charge in [0, 0.05) is 12.1 Å². The summed E-state index contributed by atoms with van der Waals surface area (Å²) in [6, 6.07) is 7.91. The van der Waals surface area contributed by atoms with Gasteiger partial charge in [-0.1, -0.05) is 18.2 Å². The van der Waals surface area contributed by atoms with Crippen LogP contribution in [0.5, 0.6) is 11.6 Å². The zero-order valence-electron chi connectivity index (χ0n) is 15.1. The van der Waals surface area contributed by atoms with Gasteiger partial charge in [0.1, 0.15) is 11.6 Å². The molecule has 0 fully saturated rings. The van der Waals surface area contributed by atoms with Gasteiger partial charge in [-0.3, -0.25) is 5.32 Å². The molecule has 28 heavy (non-hydrogen) atoms. The molecule has 11 heteroatoms. The van der Waals surface area contributed by atoms with Crippen LogP contribution >= 0.6 is 0 Å². The van der Waals surface area contributed by atoms with Crippen LogP contribution in [0.15, 0.2) is 36.4 Å². The number of nitrogens with zero attached hydrogens (tertiary/aromatic N) is 1. The van der Waals surface area contributed by atoms with E-state index in [1.807, 2.05) is 4.72 Å². The number of carbonyl (C=O) groups is 2. The number of aromatic nitrogens is 1. The molecule has 1 aromatic carbocycles. The first-order chi connectivity index (χ1) is 13.2. The maximum atomic E-state index is 12.1. The number of sulfonamides is 1. The van der Waals surface area contributed by atoms with Gasteiger partial charge in [0.05, 0.1) is 25.5 Å². The number of carboxylic acid groups (broad SMARTS) is 1. The standard InChI is InChI=1S/C17H19N3O7S/c1-26-12-9-14(18-15(10-12)27-2)19-17(23)20-28(24,25)8-7-11-5-3-4-6-13(11)16(21)22/h3-6,9-10H,7-8H2,1-2H3,(H,21,22)(H2,18,19,20,23). The summed E-state index contributed by atoms with van der Waals surface area (Å²) >= 11 is 0. The fourth-order valence-electron chi connectivity index (χ4n) is 2.29. The highest BCUT2D eigenvalue weighted by atomic mass is 32.2. The molecular weight excluding hydrogens is 390 g/mol. The minimum Gasteiger partial charge on any atom is -0.496 e. The second-order valence-corrected chi connectivity index (χ2v) is 7.36. The van der Waals surface area contributed by atoms with Gasteiger partial charge < -0.3 is 14.6 Å². The lowest BCUT2D eigenvalue weighted by molar-refractivity contribution is 0.0695. The van der Waals surface area contributed by atoms with Crippen molar-refractivity contribution in [3.63, 3.8) is 0 Å². The van der Waals surface area contributed by atoms with E-state index in [9.17, 15) is 18.0 Å². The zero-order valence-corrected chi connectivity index (χ0v) is 15.9. The van der Waals surface area contributed by atoms with Crippen LogP contribution in [0, 0.1) is 0 Å². The third-order valence-corrected chi connectivity index (χ3v) is 4.84. The predicted octanol–water partition coefficient (Wildman–Crippen LogP) is 1.49. The number of pyridine rings is 1. The average molecular weight is 409 g/mol. The maximum absolute atomic E-state index is 12.1. The first-order valence-corrected chi connectivity index (χ1v) is 9.62. The fraction of sp³-hybridized carbons (Fsp3) is 0.235. The smallest absolute Gasteiger partial charge is 0.335 e. The van der Waals surface area contributed by atoms with Crippen molar-refractivity contribution >= 4 is 27.8 Å². The van der Waals surface area contributed by atoms with Gasteiger partial charge in [0.25, 0.3) is 0 Å². The Labute approximate surface area is 161 Å². The summed E-state index contributed by atoms with van der Waals surface area (Å²) < 4.78 is 36.1. The molecular formula is C17H19N3O7S. The van der Waals surface area contributed by atoms with Crippen molar-refractivity contribution in [2.24, 2.45) is 0 Å². The highest BCUT2D eigenvalue weighted by molar-refractivity contribution is 7.90. The Morgan fingerprint density at radius 3 is 2.50 bits per heavy atom. The molecule has 0 bridgehead atoms. The minimum atomic E-state index is -4.02. The summed E-state index contributed by atoms with van der Waals surface area (Å²) in [5.41, 5.74) is 0.356. The third kappa shape index (κ3) is 5.84. The molecule has 2 rings (SSSR count). The van der Waals surface area contributed by atoms with E-state index >= 15 is 0 Å². The lowest BCUT2D eigenvalue weighted by atomic mass is 10.1. The van der Waals surface area contributed by atoms with E-state index in [4.69, 9.17) is 14.6 Å². The molecule has 2 amide bonds. The molecule has 0 aliphatic heterocycles. The van der Waals surface area contributed by atoms with Crippen molar-refractivity contribution < 1.29 is 32.6 Å². The molecule has 10 nitrogen and oxygen atoms in total. The van der Waals surface area contributed by atoms with Crippen molar-refractivity contribution in [3.8, 4) is 11.6 Å². The highest BCUT2D eigenvalue weighted by Crippen LogP contribution is 2.21. The Morgan fingerprint density at radius 2 is 1.86 bits per heavy atom. The Bertz CT molecular complexity index is 954. The molecule has 0 aliphatic carbocycles. The quantitative estimate of drug-likeness (QED) is 0.595. The molecule has 3 N–H and O–H groups in total. The van der Waals surface area contributed by atoms with Gasteiger partial charge in [-0.15, -0.1) is 0 Å². The van der Waals surface area contributed by atoms with Crippen molar-refractivity contribution in [1.29, 1.82) is 0 Å². The number of aryl methyl sites for hydroxylation is 1. The monoisotopic (exact) mass is 409 g/mol. The number of amides is 2. The summed E-state index contributed by atoms with van der Waals surface area (Å²) in [4.78, 5) is 27.1. The number of anilines is 1. The first kappa shape index (κ1) is 21.0. The highest BCUT2D eigenvalue weighted by Gasteiger charge is 2.18. The van der Waals surface area contributed by atoms with Crippen LogP contribution in [0.3, 0.4) is 0 Å². The van der Waals surface area contributed by atoms with E-state index in [0.717, 1.165) is 0 Å². The molecule has 0 aliphatic rings. The number of methoxy groups -OCH3 is 2. The number of rotatable bonds is 8. The largest absolute Gasteiger partial charge is 0.496 e. The van der Waals surface area contributed by atoms with E-state index in [0.29, 0.717) is 11.3 Å². The second kappa shape index (κ2) is 9.04. The number of hydrogen-bond acceptors (Lipinski definition) is 7. The summed E-state index contributed by atoms with van der Waals surface area (Å²) in [6.45, 7) is 0. The molecule has 150 valence electrons. The number of urea groups is 1. The fourth-order valence-corrected chi connectivity index (χ4v) is 3.22. The van der Waals surface area contributed by atoms with Gasteiger partial charge in [0.15, 0.2) is 0 Å². The zero-order chi connectivity index (χ0) is 20.7. The Morgan fingerprint density at radius 1 is 1.14 bits per heavy atom. The topological polar surface area (TPSA) is 144 Å². The normalized spacial score (nSPS) is 10.8. The lowest BCUT2D eigenvalue weighted by Crippen LogP contribution is -2.36. The van der Waals surface area contributed by atoms with Crippen molar-refractivity contribution in [2.75, 3.05) is 25.3 Å². The molecule has 0 atom stereocenters. The van der Waals surface area contributed by atoms with Gasteiger partial charge in [-0.05, 0) is 18.1 Å². The second-order valence-electron chi connectivity index (χ2n) is 5.52. The average Bonchev–Trinajstić information content (AvgIpc) is 2.65. The van der Waals surface area contributed by atoms with Crippen LogP contribution < -0.4 is 19.5 Å². The van der Waals surface area contributed by atoms with Crippen LogP contribution in [0.1, 0.15) is 15.9 Å². The van der Waals surface area contributed by atoms with Gasteiger partial charge in [0.2, 0.25) is 15.9 Å².